The molecular formula is C17H19FN2O4. The minimum Gasteiger partial charge on any atom is -0.468 e. The number of nitrogens with zero attached hydrogens (tertiary/aromatic N) is 1. The van der Waals surface area contributed by atoms with Crippen LogP contribution in [0.2, 0.25) is 0 Å². The van der Waals surface area contributed by atoms with E-state index in [0.29, 0.717) is 5.56 Å². The molecule has 1 aromatic rings. The molecule has 1 aromatic carbocycles. The molecule has 0 spiro atoms. The zero-order chi connectivity index (χ0) is 17.6. The molecule has 2 aliphatic rings. The van der Waals surface area contributed by atoms with Crippen LogP contribution in [0.3, 0.4) is 0 Å². The number of nitrogens with one attached hydrogen (secondary N) is 1. The number of halogens is 1. The summed E-state index contributed by atoms with van der Waals surface area (Å²) in [5, 5.41) is 3.06. The Kier molecular flexibility index (Phi) is 3.91. The molecule has 3 rings (SSSR count). The fraction of sp³-hybridized carbons (Fsp3) is 0.471. The molecule has 2 heterocycles. The summed E-state index contributed by atoms with van der Waals surface area (Å²) in [6, 6.07) is 5.18. The summed E-state index contributed by atoms with van der Waals surface area (Å²) >= 11 is 0. The normalized spacial score (nSPS) is 32.2. The van der Waals surface area contributed by atoms with Crippen molar-refractivity contribution < 1.29 is 23.5 Å². The highest BCUT2D eigenvalue weighted by molar-refractivity contribution is 6.09. The topological polar surface area (TPSA) is 75.7 Å². The van der Waals surface area contributed by atoms with Crippen LogP contribution in [0, 0.1) is 17.7 Å². The first-order chi connectivity index (χ1) is 11.3. The molecule has 2 aliphatic heterocycles. The molecule has 2 saturated heterocycles. The molecule has 2 amide bonds. The fourth-order valence-electron chi connectivity index (χ4n) is 3.90. The van der Waals surface area contributed by atoms with Gasteiger partial charge in [-0.25, -0.2) is 4.39 Å². The van der Waals surface area contributed by atoms with Gasteiger partial charge in [0.1, 0.15) is 11.4 Å². The lowest BCUT2D eigenvalue weighted by molar-refractivity contribution is -0.153. The Hall–Kier alpha value is -2.28. The molecule has 0 aliphatic carbocycles. The lowest BCUT2D eigenvalue weighted by atomic mass is 9.80. The van der Waals surface area contributed by atoms with Gasteiger partial charge in [0.15, 0.2) is 0 Å². The summed E-state index contributed by atoms with van der Waals surface area (Å²) in [4.78, 5) is 38.9. The summed E-state index contributed by atoms with van der Waals surface area (Å²) in [5.41, 5.74) is -0.815. The maximum atomic E-state index is 13.6. The molecule has 0 bridgehead atoms. The average Bonchev–Trinajstić information content (AvgIpc) is 3.01. The van der Waals surface area contributed by atoms with E-state index < -0.39 is 41.1 Å². The number of carbonyl (C=O) groups excluding carboxylic acids is 3. The number of hydrogen-bond donors (Lipinski definition) is 1. The van der Waals surface area contributed by atoms with Gasteiger partial charge in [-0.15, -0.1) is 0 Å². The zero-order valence-electron chi connectivity index (χ0n) is 13.7. The molecule has 7 heteroatoms. The number of hydrogen-bond acceptors (Lipinski definition) is 5. The highest BCUT2D eigenvalue weighted by Gasteiger charge is 2.66. The van der Waals surface area contributed by atoms with Gasteiger partial charge in [-0.05, 0) is 31.5 Å². The fourth-order valence-corrected chi connectivity index (χ4v) is 3.90. The van der Waals surface area contributed by atoms with E-state index in [1.165, 1.54) is 25.3 Å². The summed E-state index contributed by atoms with van der Waals surface area (Å²) in [5.74, 6) is -3.43. The SMILES string of the molecule is CCN1C(=O)[C@@H]2[C@H](c3cccc(F)c3)N[C@@](C)(C(=O)OC)[C@H]2C1=O. The molecule has 128 valence electrons. The van der Waals surface area contributed by atoms with Crippen LogP contribution in [0.25, 0.3) is 0 Å². The molecule has 4 atom stereocenters. The molecule has 0 radical (unpaired) electrons. The van der Waals surface area contributed by atoms with Crippen LogP contribution >= 0.6 is 0 Å². The Labute approximate surface area is 139 Å². The molecule has 0 saturated carbocycles. The van der Waals surface area contributed by atoms with E-state index in [0.717, 1.165) is 4.90 Å². The minimum absolute atomic E-state index is 0.234. The Bertz CT molecular complexity index is 722. The van der Waals surface area contributed by atoms with Gasteiger partial charge in [-0.1, -0.05) is 12.1 Å². The number of benzene rings is 1. The number of rotatable bonds is 3. The van der Waals surface area contributed by atoms with Crippen molar-refractivity contribution in [1.82, 2.24) is 10.2 Å². The van der Waals surface area contributed by atoms with E-state index in [1.807, 2.05) is 0 Å². The molecule has 2 fully saturated rings. The third kappa shape index (κ3) is 2.15. The zero-order valence-corrected chi connectivity index (χ0v) is 13.7. The summed E-state index contributed by atoms with van der Waals surface area (Å²) in [6.45, 7) is 3.49. The van der Waals surface area contributed by atoms with Crippen LogP contribution in [0.5, 0.6) is 0 Å². The van der Waals surface area contributed by atoms with Crippen molar-refractivity contribution >= 4 is 17.8 Å². The second kappa shape index (κ2) is 5.66. The van der Waals surface area contributed by atoms with Gasteiger partial charge in [0.2, 0.25) is 11.8 Å². The van der Waals surface area contributed by atoms with Crippen molar-refractivity contribution in [2.75, 3.05) is 13.7 Å². The van der Waals surface area contributed by atoms with E-state index in [2.05, 4.69) is 5.32 Å². The Morgan fingerprint density at radius 2 is 2.08 bits per heavy atom. The van der Waals surface area contributed by atoms with Crippen molar-refractivity contribution in [3.63, 3.8) is 0 Å². The number of carbonyl (C=O) groups is 3. The number of fused-ring (bicyclic) bond motifs is 1. The third-order valence-electron chi connectivity index (χ3n) is 5.01. The van der Waals surface area contributed by atoms with Crippen LogP contribution in [0.4, 0.5) is 4.39 Å². The molecule has 0 unspecified atom stereocenters. The van der Waals surface area contributed by atoms with E-state index in [1.54, 1.807) is 19.9 Å². The van der Waals surface area contributed by atoms with Crippen molar-refractivity contribution in [1.29, 1.82) is 0 Å². The van der Waals surface area contributed by atoms with Gasteiger partial charge >= 0.3 is 5.97 Å². The molecule has 0 aromatic heterocycles. The van der Waals surface area contributed by atoms with E-state index >= 15 is 0 Å². The van der Waals surface area contributed by atoms with Gasteiger partial charge in [0.25, 0.3) is 0 Å². The number of methoxy groups -OCH3 is 1. The maximum Gasteiger partial charge on any atom is 0.326 e. The lowest BCUT2D eigenvalue weighted by Gasteiger charge is -2.28. The van der Waals surface area contributed by atoms with Gasteiger partial charge in [-0.2, -0.15) is 0 Å². The monoisotopic (exact) mass is 334 g/mol. The van der Waals surface area contributed by atoms with Crippen LogP contribution in [-0.4, -0.2) is 41.9 Å². The summed E-state index contributed by atoms with van der Waals surface area (Å²) in [7, 11) is 1.23. The first-order valence-corrected chi connectivity index (χ1v) is 7.82. The highest BCUT2D eigenvalue weighted by Crippen LogP contribution is 2.48. The summed E-state index contributed by atoms with van der Waals surface area (Å²) < 4.78 is 18.5. The van der Waals surface area contributed by atoms with Crippen molar-refractivity contribution in [2.45, 2.75) is 25.4 Å². The van der Waals surface area contributed by atoms with E-state index in [-0.39, 0.29) is 12.5 Å². The second-order valence-electron chi connectivity index (χ2n) is 6.30. The first kappa shape index (κ1) is 16.6. The molecule has 6 nitrogen and oxygen atoms in total. The van der Waals surface area contributed by atoms with Crippen LogP contribution in [0.15, 0.2) is 24.3 Å². The second-order valence-corrected chi connectivity index (χ2v) is 6.30. The quantitative estimate of drug-likeness (QED) is 0.660. The largest absolute Gasteiger partial charge is 0.468 e. The van der Waals surface area contributed by atoms with E-state index in [4.69, 9.17) is 4.74 Å². The van der Waals surface area contributed by atoms with Gasteiger partial charge in [0.05, 0.1) is 18.9 Å². The van der Waals surface area contributed by atoms with Gasteiger partial charge in [0, 0.05) is 12.6 Å². The van der Waals surface area contributed by atoms with Gasteiger partial charge in [-0.3, -0.25) is 24.6 Å². The minimum atomic E-state index is -1.34. The molecule has 1 N–H and O–H groups in total. The third-order valence-corrected chi connectivity index (χ3v) is 5.01. The highest BCUT2D eigenvalue weighted by atomic mass is 19.1. The van der Waals surface area contributed by atoms with Crippen LogP contribution in [0.1, 0.15) is 25.5 Å². The number of imide groups is 1. The lowest BCUT2D eigenvalue weighted by Crippen LogP contribution is -2.53. The number of esters is 1. The number of ether oxygens (including phenoxy) is 1. The van der Waals surface area contributed by atoms with Crippen LogP contribution < -0.4 is 5.32 Å². The standard InChI is InChI=1S/C17H19FN2O4/c1-4-20-14(21)11-12(15(20)22)17(2,16(23)24-3)19-13(11)9-6-5-7-10(18)8-9/h5-8,11-13,19H,4H2,1-3H3/t11-,12+,13-,17+/m0/s1. The van der Waals surface area contributed by atoms with Crippen LogP contribution in [-0.2, 0) is 19.1 Å². The smallest absolute Gasteiger partial charge is 0.326 e. The Balaban J connectivity index is 2.11. The van der Waals surface area contributed by atoms with Gasteiger partial charge < -0.3 is 4.74 Å². The Morgan fingerprint density at radius 3 is 2.67 bits per heavy atom. The predicted molar refractivity (Wildman–Crippen MR) is 82.1 cm³/mol. The number of amides is 2. The maximum absolute atomic E-state index is 13.6. The predicted octanol–water partition coefficient (Wildman–Crippen LogP) is 1.02. The summed E-state index contributed by atoms with van der Waals surface area (Å²) in [6.07, 6.45) is 0. The molecule has 24 heavy (non-hydrogen) atoms. The Morgan fingerprint density at radius 1 is 1.38 bits per heavy atom. The van der Waals surface area contributed by atoms with Crippen molar-refractivity contribution in [3.8, 4) is 0 Å². The number of likely N-dealkylation sites (tertiary alicyclic amines) is 1. The van der Waals surface area contributed by atoms with E-state index in [9.17, 15) is 18.8 Å². The van der Waals surface area contributed by atoms with Crippen molar-refractivity contribution in [2.24, 2.45) is 11.8 Å². The molecular weight excluding hydrogens is 315 g/mol. The first-order valence-electron chi connectivity index (χ1n) is 7.82. The average molecular weight is 334 g/mol. The van der Waals surface area contributed by atoms with Crippen molar-refractivity contribution in [3.05, 3.63) is 35.6 Å².